The molecule has 0 radical (unpaired) electrons. The van der Waals surface area contributed by atoms with Crippen LogP contribution in [0.5, 0.6) is 5.75 Å². The summed E-state index contributed by atoms with van der Waals surface area (Å²) in [5, 5.41) is 3.28. The largest absolute Gasteiger partial charge is 0.491 e. The number of rotatable bonds is 7. The molecule has 1 aromatic heterocycles. The minimum Gasteiger partial charge on any atom is -0.491 e. The summed E-state index contributed by atoms with van der Waals surface area (Å²) < 4.78 is 24.9. The Kier molecular flexibility index (Phi) is 6.70. The van der Waals surface area contributed by atoms with Gasteiger partial charge in [0.05, 0.1) is 23.0 Å². The van der Waals surface area contributed by atoms with E-state index in [2.05, 4.69) is 26.2 Å². The lowest BCUT2D eigenvalue weighted by atomic mass is 10.2. The van der Waals surface area contributed by atoms with E-state index in [1.165, 1.54) is 12.1 Å². The number of oxazole rings is 1. The first-order chi connectivity index (χ1) is 13.5. The highest BCUT2D eigenvalue weighted by Gasteiger charge is 2.14. The molecule has 0 fully saturated rings. The Morgan fingerprint density at radius 3 is 2.79 bits per heavy atom. The zero-order valence-corrected chi connectivity index (χ0v) is 17.3. The summed E-state index contributed by atoms with van der Waals surface area (Å²) >= 11 is 9.45. The van der Waals surface area contributed by atoms with Crippen molar-refractivity contribution in [1.29, 1.82) is 0 Å². The fraction of sp³-hybridized carbons (Fsp3) is 0.200. The van der Waals surface area contributed by atoms with Gasteiger partial charge in [0.2, 0.25) is 5.91 Å². The molecule has 2 aromatic carbocycles. The fourth-order valence-corrected chi connectivity index (χ4v) is 3.48. The molecule has 0 bridgehead atoms. The van der Waals surface area contributed by atoms with E-state index >= 15 is 0 Å². The standard InChI is InChI=1S/C20H17BrClFN2O3/c1-2-27-20-15(21)9-13(22)10-16(20)25-18(26)7-8-19-24-11-17(28-19)12-3-5-14(23)6-4-12/h3-6,9-11H,2,7-8H2,1H3,(H,25,26). The number of carbonyl (C=O) groups is 1. The zero-order valence-electron chi connectivity index (χ0n) is 15.0. The van der Waals surface area contributed by atoms with Gasteiger partial charge in [-0.2, -0.15) is 0 Å². The maximum atomic E-state index is 13.0. The van der Waals surface area contributed by atoms with Crippen molar-refractivity contribution in [3.8, 4) is 17.1 Å². The summed E-state index contributed by atoms with van der Waals surface area (Å²) in [7, 11) is 0. The van der Waals surface area contributed by atoms with E-state index in [-0.39, 0.29) is 18.1 Å². The Bertz CT molecular complexity index is 976. The van der Waals surface area contributed by atoms with Gasteiger partial charge in [0.25, 0.3) is 0 Å². The number of aryl methyl sites for hydroxylation is 1. The van der Waals surface area contributed by atoms with Crippen molar-refractivity contribution in [3.05, 3.63) is 63.8 Å². The number of amides is 1. The lowest BCUT2D eigenvalue weighted by Crippen LogP contribution is -2.13. The number of hydrogen-bond acceptors (Lipinski definition) is 4. The van der Waals surface area contributed by atoms with Crippen LogP contribution in [0.4, 0.5) is 10.1 Å². The molecule has 3 rings (SSSR count). The first-order valence-corrected chi connectivity index (χ1v) is 9.75. The minimum atomic E-state index is -0.320. The van der Waals surface area contributed by atoms with Gasteiger partial charge in [-0.3, -0.25) is 4.79 Å². The topological polar surface area (TPSA) is 64.4 Å². The summed E-state index contributed by atoms with van der Waals surface area (Å²) in [6, 6.07) is 9.25. The molecule has 146 valence electrons. The average molecular weight is 468 g/mol. The number of anilines is 1. The zero-order chi connectivity index (χ0) is 20.1. The molecule has 0 aliphatic carbocycles. The lowest BCUT2D eigenvalue weighted by molar-refractivity contribution is -0.116. The van der Waals surface area contributed by atoms with Gasteiger partial charge in [-0.05, 0) is 59.3 Å². The van der Waals surface area contributed by atoms with Crippen molar-refractivity contribution in [2.45, 2.75) is 19.8 Å². The maximum Gasteiger partial charge on any atom is 0.224 e. The predicted molar refractivity (Wildman–Crippen MR) is 109 cm³/mol. The SMILES string of the molecule is CCOc1c(Br)cc(Cl)cc1NC(=O)CCc1ncc(-c2ccc(F)cc2)o1. The molecule has 5 nitrogen and oxygen atoms in total. The van der Waals surface area contributed by atoms with Gasteiger partial charge < -0.3 is 14.5 Å². The Balaban J connectivity index is 1.63. The molecule has 1 amide bonds. The number of nitrogens with one attached hydrogen (secondary N) is 1. The molecule has 1 N–H and O–H groups in total. The molecule has 0 saturated heterocycles. The molecule has 0 atom stereocenters. The monoisotopic (exact) mass is 466 g/mol. The number of halogens is 3. The molecule has 28 heavy (non-hydrogen) atoms. The van der Waals surface area contributed by atoms with Gasteiger partial charge in [-0.1, -0.05) is 11.6 Å². The second kappa shape index (κ2) is 9.21. The third-order valence-electron chi connectivity index (χ3n) is 3.82. The van der Waals surface area contributed by atoms with Crippen molar-refractivity contribution in [2.24, 2.45) is 0 Å². The molecular weight excluding hydrogens is 451 g/mol. The molecule has 0 unspecified atom stereocenters. The second-order valence-corrected chi connectivity index (χ2v) is 7.16. The van der Waals surface area contributed by atoms with Gasteiger partial charge in [0.15, 0.2) is 17.4 Å². The number of nitrogens with zero attached hydrogens (tertiary/aromatic N) is 1. The van der Waals surface area contributed by atoms with Crippen LogP contribution in [0.1, 0.15) is 19.2 Å². The van der Waals surface area contributed by atoms with Gasteiger partial charge in [0.1, 0.15) is 5.82 Å². The minimum absolute atomic E-state index is 0.166. The number of ether oxygens (including phenoxy) is 1. The van der Waals surface area contributed by atoms with E-state index < -0.39 is 0 Å². The summed E-state index contributed by atoms with van der Waals surface area (Å²) in [6.45, 7) is 2.31. The highest BCUT2D eigenvalue weighted by Crippen LogP contribution is 2.36. The van der Waals surface area contributed by atoms with Crippen LogP contribution < -0.4 is 10.1 Å². The van der Waals surface area contributed by atoms with E-state index in [1.54, 1.807) is 30.5 Å². The number of benzene rings is 2. The van der Waals surface area contributed by atoms with Crippen LogP contribution in [0.25, 0.3) is 11.3 Å². The molecule has 0 spiro atoms. The maximum absolute atomic E-state index is 13.0. The normalized spacial score (nSPS) is 10.7. The van der Waals surface area contributed by atoms with Crippen LogP contribution in [0.15, 0.2) is 51.5 Å². The highest BCUT2D eigenvalue weighted by atomic mass is 79.9. The molecule has 3 aromatic rings. The van der Waals surface area contributed by atoms with E-state index in [9.17, 15) is 9.18 Å². The first-order valence-electron chi connectivity index (χ1n) is 8.58. The van der Waals surface area contributed by atoms with E-state index in [1.807, 2.05) is 6.92 Å². The predicted octanol–water partition coefficient (Wildman–Crippen LogP) is 5.87. The van der Waals surface area contributed by atoms with Crippen LogP contribution >= 0.6 is 27.5 Å². The van der Waals surface area contributed by atoms with Crippen molar-refractivity contribution < 1.29 is 18.3 Å². The van der Waals surface area contributed by atoms with E-state index in [4.69, 9.17) is 20.8 Å². The number of aromatic nitrogens is 1. The first kappa shape index (κ1) is 20.4. The quantitative estimate of drug-likeness (QED) is 0.472. The number of carbonyl (C=O) groups excluding carboxylic acids is 1. The molecular formula is C20H17BrClFN2O3. The average Bonchev–Trinajstić information content (AvgIpc) is 3.12. The molecule has 0 aliphatic heterocycles. The smallest absolute Gasteiger partial charge is 0.224 e. The number of hydrogen-bond donors (Lipinski definition) is 1. The third-order valence-corrected chi connectivity index (χ3v) is 4.63. The summed E-state index contributed by atoms with van der Waals surface area (Å²) in [6.07, 6.45) is 2.04. The van der Waals surface area contributed by atoms with Gasteiger partial charge >= 0.3 is 0 Å². The van der Waals surface area contributed by atoms with Gasteiger partial charge in [0, 0.05) is 23.4 Å². The Labute approximate surface area is 175 Å². The summed E-state index contributed by atoms with van der Waals surface area (Å²) in [5.74, 6) is 0.922. The molecule has 1 heterocycles. The summed E-state index contributed by atoms with van der Waals surface area (Å²) in [4.78, 5) is 16.5. The second-order valence-electron chi connectivity index (χ2n) is 5.87. The van der Waals surface area contributed by atoms with Crippen molar-refractivity contribution in [3.63, 3.8) is 0 Å². The molecule has 0 aliphatic rings. The van der Waals surface area contributed by atoms with Gasteiger partial charge in [-0.25, -0.2) is 9.37 Å². The fourth-order valence-electron chi connectivity index (χ4n) is 2.55. The Hall–Kier alpha value is -2.38. The van der Waals surface area contributed by atoms with Crippen LogP contribution in [-0.4, -0.2) is 17.5 Å². The summed E-state index contributed by atoms with van der Waals surface area (Å²) in [5.41, 5.74) is 1.21. The van der Waals surface area contributed by atoms with E-state index in [0.29, 0.717) is 45.6 Å². The van der Waals surface area contributed by atoms with Crippen molar-refractivity contribution in [2.75, 3.05) is 11.9 Å². The van der Waals surface area contributed by atoms with Crippen molar-refractivity contribution in [1.82, 2.24) is 4.98 Å². The Morgan fingerprint density at radius 2 is 2.07 bits per heavy atom. The van der Waals surface area contributed by atoms with Gasteiger partial charge in [-0.15, -0.1) is 0 Å². The Morgan fingerprint density at radius 1 is 1.32 bits per heavy atom. The third kappa shape index (κ3) is 5.11. The molecule has 8 heteroatoms. The van der Waals surface area contributed by atoms with Crippen LogP contribution in [0.2, 0.25) is 5.02 Å². The van der Waals surface area contributed by atoms with Crippen LogP contribution in [-0.2, 0) is 11.2 Å². The molecule has 0 saturated carbocycles. The van der Waals surface area contributed by atoms with E-state index in [0.717, 1.165) is 5.56 Å². The highest BCUT2D eigenvalue weighted by molar-refractivity contribution is 9.10. The van der Waals surface area contributed by atoms with Crippen molar-refractivity contribution >= 4 is 39.1 Å². The van der Waals surface area contributed by atoms with Crippen LogP contribution in [0, 0.1) is 5.82 Å². The van der Waals surface area contributed by atoms with Crippen LogP contribution in [0.3, 0.4) is 0 Å². The lowest BCUT2D eigenvalue weighted by Gasteiger charge is -2.13.